The summed E-state index contributed by atoms with van der Waals surface area (Å²) in [4.78, 5) is 15.1. The predicted octanol–water partition coefficient (Wildman–Crippen LogP) is 7.57. The standard InChI is InChI=1S/C28H30Cl3N3O2/c1-34-11-9-20(10-12-34)26(17-32-28(35)33-24-14-22(30)13-23(31)15-24)19-5-3-18(4-6-19)25-16-21(29)7-8-27(25)36-2/h3-8,13-16,20,26H,9-12,17H2,1-2H3,(H2,32,33,35). The number of carbonyl (C=O) groups is 1. The molecule has 1 aliphatic heterocycles. The number of amides is 2. The molecule has 2 amide bonds. The molecule has 1 heterocycles. The van der Waals surface area contributed by atoms with Crippen LogP contribution in [0, 0.1) is 5.92 Å². The molecule has 1 saturated heterocycles. The van der Waals surface area contributed by atoms with Crippen molar-refractivity contribution in [2.24, 2.45) is 5.92 Å². The third-order valence-corrected chi connectivity index (χ3v) is 7.42. The molecule has 3 aromatic rings. The Morgan fingerprint density at radius 2 is 1.64 bits per heavy atom. The smallest absolute Gasteiger partial charge is 0.319 e. The molecule has 0 radical (unpaired) electrons. The first kappa shape index (κ1) is 26.6. The minimum absolute atomic E-state index is 0.183. The van der Waals surface area contributed by atoms with Gasteiger partial charge in [-0.1, -0.05) is 59.1 Å². The first-order chi connectivity index (χ1) is 17.3. The largest absolute Gasteiger partial charge is 0.496 e. The Balaban J connectivity index is 1.51. The Morgan fingerprint density at radius 3 is 2.28 bits per heavy atom. The van der Waals surface area contributed by atoms with Crippen molar-refractivity contribution in [1.82, 2.24) is 10.2 Å². The molecule has 4 rings (SSSR count). The van der Waals surface area contributed by atoms with E-state index in [4.69, 9.17) is 39.5 Å². The van der Waals surface area contributed by atoms with Crippen molar-refractivity contribution >= 4 is 46.5 Å². The molecular weight excluding hydrogens is 517 g/mol. The molecule has 0 saturated carbocycles. The number of piperidine rings is 1. The number of methoxy groups -OCH3 is 1. The summed E-state index contributed by atoms with van der Waals surface area (Å²) < 4.78 is 5.53. The Labute approximate surface area is 227 Å². The van der Waals surface area contributed by atoms with Crippen molar-refractivity contribution in [2.75, 3.05) is 39.1 Å². The third kappa shape index (κ3) is 6.86. The molecule has 5 nitrogen and oxygen atoms in total. The van der Waals surface area contributed by atoms with E-state index in [1.165, 1.54) is 5.56 Å². The zero-order valence-corrected chi connectivity index (χ0v) is 22.6. The van der Waals surface area contributed by atoms with Gasteiger partial charge in [0.05, 0.1) is 7.11 Å². The lowest BCUT2D eigenvalue weighted by Crippen LogP contribution is -2.38. The molecule has 36 heavy (non-hydrogen) atoms. The number of nitrogens with zero attached hydrogens (tertiary/aromatic N) is 1. The van der Waals surface area contributed by atoms with Gasteiger partial charge in [0.2, 0.25) is 0 Å². The third-order valence-electron chi connectivity index (χ3n) is 6.75. The molecule has 3 aromatic carbocycles. The fraction of sp³-hybridized carbons (Fsp3) is 0.321. The molecular formula is C28H30Cl3N3O2. The molecule has 0 aromatic heterocycles. The fourth-order valence-electron chi connectivity index (χ4n) is 4.81. The molecule has 190 valence electrons. The SMILES string of the molecule is COc1ccc(Cl)cc1-c1ccc(C(CNC(=O)Nc2cc(Cl)cc(Cl)c2)C2CCN(C)CC2)cc1. The number of rotatable bonds is 7. The van der Waals surface area contributed by atoms with E-state index in [-0.39, 0.29) is 11.9 Å². The topological polar surface area (TPSA) is 53.6 Å². The Morgan fingerprint density at radius 1 is 0.972 bits per heavy atom. The minimum Gasteiger partial charge on any atom is -0.496 e. The van der Waals surface area contributed by atoms with Gasteiger partial charge in [0.15, 0.2) is 0 Å². The summed E-state index contributed by atoms with van der Waals surface area (Å²) in [6, 6.07) is 18.8. The van der Waals surface area contributed by atoms with Crippen LogP contribution in [0.15, 0.2) is 60.7 Å². The quantitative estimate of drug-likeness (QED) is 0.321. The van der Waals surface area contributed by atoms with E-state index < -0.39 is 0 Å². The van der Waals surface area contributed by atoms with E-state index in [1.54, 1.807) is 25.3 Å². The van der Waals surface area contributed by atoms with Crippen molar-refractivity contribution in [2.45, 2.75) is 18.8 Å². The number of hydrogen-bond acceptors (Lipinski definition) is 3. The highest BCUT2D eigenvalue weighted by molar-refractivity contribution is 6.35. The Kier molecular flexibility index (Phi) is 9.02. The lowest BCUT2D eigenvalue weighted by atomic mass is 9.79. The number of hydrogen-bond donors (Lipinski definition) is 2. The van der Waals surface area contributed by atoms with Crippen molar-refractivity contribution in [1.29, 1.82) is 0 Å². The number of nitrogens with one attached hydrogen (secondary N) is 2. The van der Waals surface area contributed by atoms with Crippen molar-refractivity contribution in [3.8, 4) is 16.9 Å². The molecule has 2 N–H and O–H groups in total. The van der Waals surface area contributed by atoms with Crippen LogP contribution < -0.4 is 15.4 Å². The first-order valence-electron chi connectivity index (χ1n) is 12.0. The van der Waals surface area contributed by atoms with Gasteiger partial charge in [-0.15, -0.1) is 0 Å². The Hall–Kier alpha value is -2.44. The first-order valence-corrected chi connectivity index (χ1v) is 13.1. The monoisotopic (exact) mass is 545 g/mol. The lowest BCUT2D eigenvalue weighted by Gasteiger charge is -2.35. The number of carbonyl (C=O) groups excluding carboxylic acids is 1. The second-order valence-corrected chi connectivity index (χ2v) is 10.5. The summed E-state index contributed by atoms with van der Waals surface area (Å²) >= 11 is 18.4. The number of urea groups is 1. The number of ether oxygens (including phenoxy) is 1. The fourth-order valence-corrected chi connectivity index (χ4v) is 5.51. The van der Waals surface area contributed by atoms with Gasteiger partial charge < -0.3 is 20.3 Å². The number of likely N-dealkylation sites (tertiary alicyclic amines) is 1. The molecule has 1 fully saturated rings. The highest BCUT2D eigenvalue weighted by atomic mass is 35.5. The van der Waals surface area contributed by atoms with Crippen LogP contribution in [0.1, 0.15) is 24.3 Å². The van der Waals surface area contributed by atoms with Gasteiger partial charge in [-0.25, -0.2) is 4.79 Å². The minimum atomic E-state index is -0.286. The molecule has 8 heteroatoms. The number of anilines is 1. The van der Waals surface area contributed by atoms with Gasteiger partial charge in [0.25, 0.3) is 0 Å². The van der Waals surface area contributed by atoms with Gasteiger partial charge in [0.1, 0.15) is 5.75 Å². The van der Waals surface area contributed by atoms with Crippen LogP contribution in [-0.4, -0.2) is 44.7 Å². The number of halogens is 3. The maximum absolute atomic E-state index is 12.7. The summed E-state index contributed by atoms with van der Waals surface area (Å²) in [7, 11) is 3.81. The Bertz CT molecular complexity index is 1170. The molecule has 1 atom stereocenters. The summed E-state index contributed by atoms with van der Waals surface area (Å²) in [5, 5.41) is 7.50. The highest BCUT2D eigenvalue weighted by Gasteiger charge is 2.27. The summed E-state index contributed by atoms with van der Waals surface area (Å²) in [5.41, 5.74) is 3.73. The van der Waals surface area contributed by atoms with E-state index >= 15 is 0 Å². The van der Waals surface area contributed by atoms with Crippen LogP contribution >= 0.6 is 34.8 Å². The average Bonchev–Trinajstić information content (AvgIpc) is 2.85. The van der Waals surface area contributed by atoms with Crippen LogP contribution in [0.3, 0.4) is 0 Å². The van der Waals surface area contributed by atoms with Crippen LogP contribution in [0.25, 0.3) is 11.1 Å². The predicted molar refractivity (Wildman–Crippen MR) is 150 cm³/mol. The average molecular weight is 547 g/mol. The summed E-state index contributed by atoms with van der Waals surface area (Å²) in [6.07, 6.45) is 2.16. The van der Waals surface area contributed by atoms with E-state index in [2.05, 4.69) is 46.8 Å². The molecule has 0 aliphatic carbocycles. The number of benzene rings is 3. The van der Waals surface area contributed by atoms with Gasteiger partial charge in [0, 0.05) is 38.8 Å². The summed E-state index contributed by atoms with van der Waals surface area (Å²) in [6.45, 7) is 2.62. The maximum Gasteiger partial charge on any atom is 0.319 e. The van der Waals surface area contributed by atoms with Gasteiger partial charge in [-0.05, 0) is 86.4 Å². The van der Waals surface area contributed by atoms with Crippen LogP contribution in [0.4, 0.5) is 10.5 Å². The maximum atomic E-state index is 12.7. The molecule has 0 bridgehead atoms. The van der Waals surface area contributed by atoms with E-state index in [9.17, 15) is 4.79 Å². The second kappa shape index (κ2) is 12.2. The zero-order chi connectivity index (χ0) is 25.7. The van der Waals surface area contributed by atoms with Crippen LogP contribution in [0.2, 0.25) is 15.1 Å². The molecule has 0 spiro atoms. The normalized spacial score (nSPS) is 15.4. The zero-order valence-electron chi connectivity index (χ0n) is 20.4. The van der Waals surface area contributed by atoms with Crippen molar-refractivity contribution in [3.05, 3.63) is 81.3 Å². The van der Waals surface area contributed by atoms with E-state index in [1.807, 2.05) is 18.2 Å². The van der Waals surface area contributed by atoms with Crippen LogP contribution in [-0.2, 0) is 0 Å². The highest BCUT2D eigenvalue weighted by Crippen LogP contribution is 2.36. The summed E-state index contributed by atoms with van der Waals surface area (Å²) in [5.74, 6) is 1.43. The second-order valence-electron chi connectivity index (χ2n) is 9.21. The van der Waals surface area contributed by atoms with Crippen molar-refractivity contribution in [3.63, 3.8) is 0 Å². The van der Waals surface area contributed by atoms with Crippen LogP contribution in [0.5, 0.6) is 5.75 Å². The lowest BCUT2D eigenvalue weighted by molar-refractivity contribution is 0.195. The van der Waals surface area contributed by atoms with Crippen molar-refractivity contribution < 1.29 is 9.53 Å². The van der Waals surface area contributed by atoms with E-state index in [0.717, 1.165) is 42.8 Å². The molecule has 1 aliphatic rings. The van der Waals surface area contributed by atoms with Gasteiger partial charge in [-0.3, -0.25) is 0 Å². The van der Waals surface area contributed by atoms with Gasteiger partial charge in [-0.2, -0.15) is 0 Å². The van der Waals surface area contributed by atoms with Gasteiger partial charge >= 0.3 is 6.03 Å². The molecule has 1 unspecified atom stereocenters. The van der Waals surface area contributed by atoms with E-state index in [0.29, 0.717) is 33.2 Å².